The van der Waals surface area contributed by atoms with E-state index in [0.717, 1.165) is 32.7 Å². The Hall–Kier alpha value is -3.91. The lowest BCUT2D eigenvalue weighted by atomic mass is 9.97. The minimum Gasteiger partial charge on any atom is -0.449 e. The van der Waals surface area contributed by atoms with Gasteiger partial charge >= 0.3 is 5.97 Å². The molecule has 1 atom stereocenters. The molecule has 31 heavy (non-hydrogen) atoms. The molecule has 5 aromatic carbocycles. The second kappa shape index (κ2) is 8.08. The van der Waals surface area contributed by atoms with Crippen molar-refractivity contribution >= 4 is 27.5 Å². The van der Waals surface area contributed by atoms with Crippen molar-refractivity contribution in [2.75, 3.05) is 0 Å². The number of carbonyl (C=O) groups excluding carboxylic acids is 1. The van der Waals surface area contributed by atoms with E-state index in [9.17, 15) is 4.79 Å². The number of rotatable bonds is 4. The predicted molar refractivity (Wildman–Crippen MR) is 126 cm³/mol. The monoisotopic (exact) mass is 402 g/mol. The fraction of sp³-hybridized carbons (Fsp3) is 0.0690. The van der Waals surface area contributed by atoms with Gasteiger partial charge in [-0.25, -0.2) is 4.79 Å². The normalized spacial score (nSPS) is 12.0. The van der Waals surface area contributed by atoms with Gasteiger partial charge < -0.3 is 4.74 Å². The lowest BCUT2D eigenvalue weighted by molar-refractivity contribution is 0.0378. The van der Waals surface area contributed by atoms with Crippen LogP contribution in [0.5, 0.6) is 0 Å². The van der Waals surface area contributed by atoms with Crippen LogP contribution in [0.25, 0.3) is 21.5 Å². The molecule has 0 heterocycles. The van der Waals surface area contributed by atoms with Crippen LogP contribution in [-0.2, 0) is 4.74 Å². The molecule has 5 rings (SSSR count). The fourth-order valence-corrected chi connectivity index (χ4v) is 3.93. The van der Waals surface area contributed by atoms with E-state index >= 15 is 0 Å². The van der Waals surface area contributed by atoms with Gasteiger partial charge in [-0.15, -0.1) is 0 Å². The Balaban J connectivity index is 1.54. The zero-order chi connectivity index (χ0) is 21.2. The Kier molecular flexibility index (Phi) is 4.97. The first-order chi connectivity index (χ1) is 15.2. The van der Waals surface area contributed by atoms with Crippen molar-refractivity contribution in [2.45, 2.75) is 13.0 Å². The Morgan fingerprint density at radius 3 is 1.84 bits per heavy atom. The van der Waals surface area contributed by atoms with Gasteiger partial charge in [-0.05, 0) is 57.8 Å². The van der Waals surface area contributed by atoms with Crippen molar-refractivity contribution in [1.82, 2.24) is 0 Å². The molecule has 2 nitrogen and oxygen atoms in total. The van der Waals surface area contributed by atoms with Crippen molar-refractivity contribution in [3.63, 3.8) is 0 Å². The van der Waals surface area contributed by atoms with Gasteiger partial charge in [-0.3, -0.25) is 0 Å². The number of hydrogen-bond acceptors (Lipinski definition) is 2. The number of hydrogen-bond donors (Lipinski definition) is 0. The summed E-state index contributed by atoms with van der Waals surface area (Å²) in [6.45, 7) is 2.05. The van der Waals surface area contributed by atoms with Crippen molar-refractivity contribution in [2.24, 2.45) is 0 Å². The van der Waals surface area contributed by atoms with Gasteiger partial charge in [0.25, 0.3) is 0 Å². The van der Waals surface area contributed by atoms with Gasteiger partial charge in [-0.2, -0.15) is 0 Å². The molecule has 1 unspecified atom stereocenters. The average molecular weight is 402 g/mol. The summed E-state index contributed by atoms with van der Waals surface area (Å²) in [6.07, 6.45) is -0.482. The summed E-state index contributed by atoms with van der Waals surface area (Å²) < 4.78 is 6.11. The van der Waals surface area contributed by atoms with E-state index in [4.69, 9.17) is 4.74 Å². The van der Waals surface area contributed by atoms with Crippen LogP contribution in [0.1, 0.15) is 33.2 Å². The number of esters is 1. The second-order valence-electron chi connectivity index (χ2n) is 7.86. The summed E-state index contributed by atoms with van der Waals surface area (Å²) in [6, 6.07) is 36.3. The maximum absolute atomic E-state index is 13.2. The number of carbonyl (C=O) groups is 1. The number of aryl methyl sites for hydroxylation is 1. The molecule has 0 saturated carbocycles. The molecule has 0 saturated heterocycles. The first kappa shape index (κ1) is 19.1. The third-order valence-electron chi connectivity index (χ3n) is 5.67. The SMILES string of the molecule is Cc1ccc(C(OC(=O)c2ccc3ccccc3c2)c2ccc3ccccc3c2)cc1. The molecule has 150 valence electrons. The summed E-state index contributed by atoms with van der Waals surface area (Å²) in [5, 5.41) is 4.41. The van der Waals surface area contributed by atoms with Gasteiger partial charge in [0.2, 0.25) is 0 Å². The molecule has 0 aliphatic carbocycles. The Labute approximate surface area is 181 Å². The van der Waals surface area contributed by atoms with Crippen molar-refractivity contribution in [3.05, 3.63) is 131 Å². The highest BCUT2D eigenvalue weighted by molar-refractivity contribution is 5.95. The van der Waals surface area contributed by atoms with Crippen LogP contribution in [0.2, 0.25) is 0 Å². The molecule has 0 amide bonds. The van der Waals surface area contributed by atoms with E-state index in [0.29, 0.717) is 5.56 Å². The maximum atomic E-state index is 13.2. The van der Waals surface area contributed by atoms with E-state index < -0.39 is 6.10 Å². The summed E-state index contributed by atoms with van der Waals surface area (Å²) in [5.41, 5.74) is 3.63. The van der Waals surface area contributed by atoms with E-state index in [2.05, 4.69) is 31.2 Å². The molecule has 5 aromatic rings. The van der Waals surface area contributed by atoms with Crippen LogP contribution in [0.4, 0.5) is 0 Å². The molecule has 0 aliphatic heterocycles. The number of fused-ring (bicyclic) bond motifs is 2. The molecule has 0 fully saturated rings. The molecule has 0 radical (unpaired) electrons. The molecular weight excluding hydrogens is 380 g/mol. The van der Waals surface area contributed by atoms with E-state index in [1.54, 1.807) is 0 Å². The number of ether oxygens (including phenoxy) is 1. The first-order valence-corrected chi connectivity index (χ1v) is 10.4. The molecule has 0 bridgehead atoms. The van der Waals surface area contributed by atoms with Gasteiger partial charge in [-0.1, -0.05) is 96.6 Å². The third kappa shape index (κ3) is 3.93. The third-order valence-corrected chi connectivity index (χ3v) is 5.67. The van der Waals surface area contributed by atoms with Gasteiger partial charge in [0.05, 0.1) is 5.56 Å². The molecule has 0 aromatic heterocycles. The first-order valence-electron chi connectivity index (χ1n) is 10.4. The Morgan fingerprint density at radius 2 is 1.16 bits per heavy atom. The molecular formula is C29H22O2. The highest BCUT2D eigenvalue weighted by Gasteiger charge is 2.21. The van der Waals surface area contributed by atoms with Crippen molar-refractivity contribution in [3.8, 4) is 0 Å². The lowest BCUT2D eigenvalue weighted by Crippen LogP contribution is -2.13. The maximum Gasteiger partial charge on any atom is 0.339 e. The van der Waals surface area contributed by atoms with E-state index in [1.165, 1.54) is 5.56 Å². The minimum absolute atomic E-state index is 0.329. The summed E-state index contributed by atoms with van der Waals surface area (Å²) in [5.74, 6) is -0.329. The van der Waals surface area contributed by atoms with Crippen LogP contribution in [0.3, 0.4) is 0 Å². The van der Waals surface area contributed by atoms with E-state index in [1.807, 2.05) is 84.9 Å². The predicted octanol–water partition coefficient (Wildman–Crippen LogP) is 7.25. The van der Waals surface area contributed by atoms with Crippen LogP contribution in [0, 0.1) is 6.92 Å². The molecule has 0 aliphatic rings. The van der Waals surface area contributed by atoms with Crippen LogP contribution in [0.15, 0.2) is 109 Å². The highest BCUT2D eigenvalue weighted by atomic mass is 16.5. The van der Waals surface area contributed by atoms with Crippen LogP contribution in [-0.4, -0.2) is 5.97 Å². The summed E-state index contributed by atoms with van der Waals surface area (Å²) in [7, 11) is 0. The minimum atomic E-state index is -0.482. The topological polar surface area (TPSA) is 26.3 Å². The standard InChI is InChI=1S/C29H22O2/c1-20-10-12-23(13-11-20)28(26-16-14-21-6-2-4-8-24(21)18-26)31-29(30)27-17-15-22-7-3-5-9-25(22)19-27/h2-19,28H,1H3. The highest BCUT2D eigenvalue weighted by Crippen LogP contribution is 2.30. The van der Waals surface area contributed by atoms with Crippen molar-refractivity contribution in [1.29, 1.82) is 0 Å². The molecule has 2 heteroatoms. The van der Waals surface area contributed by atoms with Crippen LogP contribution < -0.4 is 0 Å². The van der Waals surface area contributed by atoms with Gasteiger partial charge in [0, 0.05) is 0 Å². The zero-order valence-corrected chi connectivity index (χ0v) is 17.3. The van der Waals surface area contributed by atoms with Gasteiger partial charge in [0.1, 0.15) is 0 Å². The quantitative estimate of drug-likeness (QED) is 0.296. The Morgan fingerprint density at radius 1 is 0.613 bits per heavy atom. The summed E-state index contributed by atoms with van der Waals surface area (Å²) in [4.78, 5) is 13.2. The largest absolute Gasteiger partial charge is 0.449 e. The zero-order valence-electron chi connectivity index (χ0n) is 17.3. The summed E-state index contributed by atoms with van der Waals surface area (Å²) >= 11 is 0. The van der Waals surface area contributed by atoms with E-state index in [-0.39, 0.29) is 5.97 Å². The molecule has 0 N–H and O–H groups in total. The van der Waals surface area contributed by atoms with Crippen LogP contribution >= 0.6 is 0 Å². The number of benzene rings is 5. The second-order valence-corrected chi connectivity index (χ2v) is 7.86. The van der Waals surface area contributed by atoms with Gasteiger partial charge in [0.15, 0.2) is 6.10 Å². The van der Waals surface area contributed by atoms with Crippen molar-refractivity contribution < 1.29 is 9.53 Å². The fourth-order valence-electron chi connectivity index (χ4n) is 3.93. The Bertz CT molecular complexity index is 1380. The average Bonchev–Trinajstić information content (AvgIpc) is 2.82. The smallest absolute Gasteiger partial charge is 0.339 e. The molecule has 0 spiro atoms. The lowest BCUT2D eigenvalue weighted by Gasteiger charge is -2.20.